The number of aliphatic carboxylic acids is 1. The van der Waals surface area contributed by atoms with E-state index in [0.717, 1.165) is 12.8 Å². The Kier molecular flexibility index (Phi) is 5.56. The van der Waals surface area contributed by atoms with Crippen molar-refractivity contribution in [3.05, 3.63) is 29.8 Å². The maximum absolute atomic E-state index is 12.4. The molecule has 1 aliphatic heterocycles. The molecule has 1 unspecified atom stereocenters. The summed E-state index contributed by atoms with van der Waals surface area (Å²) in [5, 5.41) is 14.6. The lowest BCUT2D eigenvalue weighted by atomic mass is 10.1. The number of para-hydroxylation sites is 1. The van der Waals surface area contributed by atoms with Crippen molar-refractivity contribution in [2.45, 2.75) is 25.3 Å². The minimum absolute atomic E-state index is 0.333. The van der Waals surface area contributed by atoms with Gasteiger partial charge in [0.25, 0.3) is 5.91 Å². The van der Waals surface area contributed by atoms with Crippen LogP contribution in [0.1, 0.15) is 29.6 Å². The minimum Gasteiger partial charge on any atom is -0.480 e. The van der Waals surface area contributed by atoms with Crippen LogP contribution in [0.15, 0.2) is 24.3 Å². The van der Waals surface area contributed by atoms with Gasteiger partial charge in [0.15, 0.2) is 0 Å². The SMILES string of the molecule is CNc1ccccc1C(=O)NC1CCCCN(CC(=O)O)C1=O. The van der Waals surface area contributed by atoms with Gasteiger partial charge in [-0.25, -0.2) is 0 Å². The molecule has 0 aliphatic carbocycles. The monoisotopic (exact) mass is 319 g/mol. The zero-order chi connectivity index (χ0) is 16.8. The summed E-state index contributed by atoms with van der Waals surface area (Å²) in [6.45, 7) is 0.0723. The van der Waals surface area contributed by atoms with E-state index in [0.29, 0.717) is 24.2 Å². The molecule has 1 heterocycles. The summed E-state index contributed by atoms with van der Waals surface area (Å²) in [5.41, 5.74) is 1.13. The van der Waals surface area contributed by atoms with E-state index >= 15 is 0 Å². The quantitative estimate of drug-likeness (QED) is 0.750. The summed E-state index contributed by atoms with van der Waals surface area (Å²) in [7, 11) is 1.72. The summed E-state index contributed by atoms with van der Waals surface area (Å²) < 4.78 is 0. The molecular formula is C16H21N3O4. The zero-order valence-electron chi connectivity index (χ0n) is 13.0. The van der Waals surface area contributed by atoms with Gasteiger partial charge >= 0.3 is 5.97 Å². The maximum atomic E-state index is 12.4. The van der Waals surface area contributed by atoms with Crippen LogP contribution in [0.25, 0.3) is 0 Å². The Labute approximate surface area is 134 Å². The molecule has 1 aromatic rings. The van der Waals surface area contributed by atoms with Crippen LogP contribution in [0.5, 0.6) is 0 Å². The molecule has 0 saturated carbocycles. The van der Waals surface area contributed by atoms with E-state index in [1.165, 1.54) is 4.90 Å². The molecule has 7 nitrogen and oxygen atoms in total. The first-order chi connectivity index (χ1) is 11.0. The van der Waals surface area contributed by atoms with Gasteiger partial charge in [0.1, 0.15) is 12.6 Å². The largest absolute Gasteiger partial charge is 0.480 e. The zero-order valence-corrected chi connectivity index (χ0v) is 13.0. The van der Waals surface area contributed by atoms with Gasteiger partial charge in [-0.05, 0) is 31.4 Å². The number of carboxylic acid groups (broad SMARTS) is 1. The van der Waals surface area contributed by atoms with Crippen LogP contribution in [0.2, 0.25) is 0 Å². The van der Waals surface area contributed by atoms with E-state index < -0.39 is 12.0 Å². The Morgan fingerprint density at radius 3 is 2.74 bits per heavy atom. The molecule has 0 bridgehead atoms. The summed E-state index contributed by atoms with van der Waals surface area (Å²) in [6, 6.07) is 6.34. The minimum atomic E-state index is -1.05. The van der Waals surface area contributed by atoms with Gasteiger partial charge in [-0.2, -0.15) is 0 Å². The fourth-order valence-corrected chi connectivity index (χ4v) is 2.69. The summed E-state index contributed by atoms with van der Waals surface area (Å²) >= 11 is 0. The Morgan fingerprint density at radius 2 is 2.04 bits per heavy atom. The third kappa shape index (κ3) is 4.21. The molecule has 124 valence electrons. The maximum Gasteiger partial charge on any atom is 0.323 e. The number of hydrogen-bond acceptors (Lipinski definition) is 4. The van der Waals surface area contributed by atoms with Crippen molar-refractivity contribution in [1.29, 1.82) is 0 Å². The lowest BCUT2D eigenvalue weighted by Crippen LogP contribution is -2.48. The number of carbonyl (C=O) groups is 3. The molecule has 23 heavy (non-hydrogen) atoms. The molecule has 0 aromatic heterocycles. The van der Waals surface area contributed by atoms with Crippen molar-refractivity contribution in [1.82, 2.24) is 10.2 Å². The second-order valence-corrected chi connectivity index (χ2v) is 5.47. The molecule has 1 aromatic carbocycles. The van der Waals surface area contributed by atoms with E-state index in [4.69, 9.17) is 5.11 Å². The molecule has 2 rings (SSSR count). The number of nitrogens with one attached hydrogen (secondary N) is 2. The molecule has 2 amide bonds. The number of benzene rings is 1. The first-order valence-electron chi connectivity index (χ1n) is 7.61. The van der Waals surface area contributed by atoms with Gasteiger partial charge in [0, 0.05) is 19.3 Å². The second kappa shape index (κ2) is 7.62. The smallest absolute Gasteiger partial charge is 0.323 e. The Bertz CT molecular complexity index is 603. The van der Waals surface area contributed by atoms with Crippen molar-refractivity contribution in [3.63, 3.8) is 0 Å². The normalized spacial score (nSPS) is 18.2. The van der Waals surface area contributed by atoms with E-state index in [1.54, 1.807) is 25.2 Å². The van der Waals surface area contributed by atoms with Crippen molar-refractivity contribution < 1.29 is 19.5 Å². The van der Waals surface area contributed by atoms with Crippen LogP contribution < -0.4 is 10.6 Å². The second-order valence-electron chi connectivity index (χ2n) is 5.47. The lowest BCUT2D eigenvalue weighted by molar-refractivity contribution is -0.144. The van der Waals surface area contributed by atoms with E-state index in [-0.39, 0.29) is 18.4 Å². The first kappa shape index (κ1) is 16.8. The number of rotatable bonds is 5. The molecule has 1 fully saturated rings. The van der Waals surface area contributed by atoms with Crippen LogP contribution in [-0.4, -0.2) is 54.0 Å². The fourth-order valence-electron chi connectivity index (χ4n) is 2.69. The van der Waals surface area contributed by atoms with Gasteiger partial charge < -0.3 is 20.6 Å². The Hall–Kier alpha value is -2.57. The van der Waals surface area contributed by atoms with Crippen LogP contribution in [0, 0.1) is 0 Å². The molecule has 0 spiro atoms. The number of hydrogen-bond donors (Lipinski definition) is 3. The standard InChI is InChI=1S/C16H21N3O4/c1-17-12-7-3-2-6-11(12)15(22)18-13-8-4-5-9-19(16(13)23)10-14(20)21/h2-3,6-7,13,17H,4-5,8-10H2,1H3,(H,18,22)(H,20,21). The highest BCUT2D eigenvalue weighted by molar-refractivity contribution is 6.02. The molecular weight excluding hydrogens is 298 g/mol. The third-order valence-electron chi connectivity index (χ3n) is 3.85. The summed E-state index contributed by atoms with van der Waals surface area (Å²) in [6.07, 6.45) is 2.02. The van der Waals surface area contributed by atoms with E-state index in [1.807, 2.05) is 6.07 Å². The fraction of sp³-hybridized carbons (Fsp3) is 0.438. The van der Waals surface area contributed by atoms with E-state index in [2.05, 4.69) is 10.6 Å². The number of likely N-dealkylation sites (tertiary alicyclic amines) is 1. The highest BCUT2D eigenvalue weighted by Crippen LogP contribution is 2.16. The highest BCUT2D eigenvalue weighted by Gasteiger charge is 2.29. The summed E-state index contributed by atoms with van der Waals surface area (Å²) in [4.78, 5) is 37.0. The van der Waals surface area contributed by atoms with Gasteiger partial charge in [0.05, 0.1) is 5.56 Å². The van der Waals surface area contributed by atoms with Crippen LogP contribution in [0.3, 0.4) is 0 Å². The van der Waals surface area contributed by atoms with Crippen LogP contribution in [0.4, 0.5) is 5.69 Å². The van der Waals surface area contributed by atoms with E-state index in [9.17, 15) is 14.4 Å². The first-order valence-corrected chi connectivity index (χ1v) is 7.61. The number of amides is 2. The number of anilines is 1. The van der Waals surface area contributed by atoms with Crippen LogP contribution >= 0.6 is 0 Å². The molecule has 1 saturated heterocycles. The lowest BCUT2D eigenvalue weighted by Gasteiger charge is -2.23. The van der Waals surface area contributed by atoms with Gasteiger partial charge in [-0.3, -0.25) is 14.4 Å². The topological polar surface area (TPSA) is 98.7 Å². The van der Waals surface area contributed by atoms with Gasteiger partial charge in [0.2, 0.25) is 5.91 Å². The van der Waals surface area contributed by atoms with Crippen molar-refractivity contribution in [3.8, 4) is 0 Å². The third-order valence-corrected chi connectivity index (χ3v) is 3.85. The predicted octanol–water partition coefficient (Wildman–Crippen LogP) is 0.924. The molecule has 3 N–H and O–H groups in total. The number of carbonyl (C=O) groups excluding carboxylic acids is 2. The number of carboxylic acids is 1. The average molecular weight is 319 g/mol. The van der Waals surface area contributed by atoms with Crippen molar-refractivity contribution in [2.24, 2.45) is 0 Å². The summed E-state index contributed by atoms with van der Waals surface area (Å²) in [5.74, 6) is -1.73. The highest BCUT2D eigenvalue weighted by atomic mass is 16.4. The van der Waals surface area contributed by atoms with Crippen molar-refractivity contribution >= 4 is 23.5 Å². The van der Waals surface area contributed by atoms with Gasteiger partial charge in [-0.15, -0.1) is 0 Å². The van der Waals surface area contributed by atoms with Crippen LogP contribution in [-0.2, 0) is 9.59 Å². The Balaban J connectivity index is 2.12. The molecule has 7 heteroatoms. The predicted molar refractivity (Wildman–Crippen MR) is 85.3 cm³/mol. The molecule has 0 radical (unpaired) electrons. The molecule has 1 aliphatic rings. The van der Waals surface area contributed by atoms with Gasteiger partial charge in [-0.1, -0.05) is 12.1 Å². The number of nitrogens with zero attached hydrogens (tertiary/aromatic N) is 1. The average Bonchev–Trinajstić information content (AvgIpc) is 2.70. The van der Waals surface area contributed by atoms with Crippen molar-refractivity contribution in [2.75, 3.05) is 25.5 Å². The Morgan fingerprint density at radius 1 is 1.30 bits per heavy atom. The molecule has 1 atom stereocenters.